The monoisotopic (exact) mass is 318 g/mol. The van der Waals surface area contributed by atoms with Crippen LogP contribution in [0, 0.1) is 11.8 Å². The summed E-state index contributed by atoms with van der Waals surface area (Å²) in [5.74, 6) is 5.34. The Morgan fingerprint density at radius 3 is 2.76 bits per heavy atom. The Kier molecular flexibility index (Phi) is 5.24. The molecule has 2 rings (SSSR count). The van der Waals surface area contributed by atoms with Gasteiger partial charge in [-0.1, -0.05) is 41.1 Å². The fourth-order valence-corrected chi connectivity index (χ4v) is 2.07. The number of hydrogen-bond acceptors (Lipinski definition) is 2. The Morgan fingerprint density at radius 2 is 2.00 bits per heavy atom. The van der Waals surface area contributed by atoms with Gasteiger partial charge >= 0.3 is 0 Å². The molecule has 21 heavy (non-hydrogen) atoms. The van der Waals surface area contributed by atoms with Gasteiger partial charge in [-0.15, -0.1) is 0 Å². The maximum absolute atomic E-state index is 12.2. The second kappa shape index (κ2) is 7.14. The van der Waals surface area contributed by atoms with Crippen molar-refractivity contribution in [1.82, 2.24) is 0 Å². The quantitative estimate of drug-likeness (QED) is 0.832. The summed E-state index contributed by atoms with van der Waals surface area (Å²) in [6.45, 7) is 0.286. The largest absolute Gasteiger partial charge is 0.322 e. The SMILES string of the molecule is NCC#Cc1cccc(NC(=O)c2cc(Cl)ccc2Cl)c1. The molecule has 0 radical (unpaired) electrons. The highest BCUT2D eigenvalue weighted by Gasteiger charge is 2.11. The highest BCUT2D eigenvalue weighted by atomic mass is 35.5. The van der Waals surface area contributed by atoms with Gasteiger partial charge in [0.05, 0.1) is 17.1 Å². The first kappa shape index (κ1) is 15.4. The summed E-state index contributed by atoms with van der Waals surface area (Å²) < 4.78 is 0. The van der Waals surface area contributed by atoms with Crippen LogP contribution in [0.25, 0.3) is 0 Å². The van der Waals surface area contributed by atoms with Crippen LogP contribution in [0.1, 0.15) is 15.9 Å². The van der Waals surface area contributed by atoms with Crippen molar-refractivity contribution in [1.29, 1.82) is 0 Å². The molecule has 0 saturated heterocycles. The third-order valence-corrected chi connectivity index (χ3v) is 3.19. The van der Waals surface area contributed by atoms with E-state index in [4.69, 9.17) is 28.9 Å². The third-order valence-electron chi connectivity index (χ3n) is 2.63. The molecule has 2 aromatic carbocycles. The average Bonchev–Trinajstić information content (AvgIpc) is 2.48. The summed E-state index contributed by atoms with van der Waals surface area (Å²) in [5.41, 5.74) is 7.05. The Labute approximate surface area is 133 Å². The fourth-order valence-electron chi connectivity index (χ4n) is 1.70. The van der Waals surface area contributed by atoms with E-state index in [-0.39, 0.29) is 12.5 Å². The Balaban J connectivity index is 2.21. The number of benzene rings is 2. The molecule has 0 fully saturated rings. The molecule has 1 amide bonds. The van der Waals surface area contributed by atoms with Gasteiger partial charge in [-0.25, -0.2) is 0 Å². The zero-order valence-corrected chi connectivity index (χ0v) is 12.5. The molecule has 2 aromatic rings. The minimum Gasteiger partial charge on any atom is -0.322 e. The zero-order valence-electron chi connectivity index (χ0n) is 11.0. The van der Waals surface area contributed by atoms with Crippen LogP contribution in [-0.2, 0) is 0 Å². The summed E-state index contributed by atoms with van der Waals surface area (Å²) in [6.07, 6.45) is 0. The predicted molar refractivity (Wildman–Crippen MR) is 86.8 cm³/mol. The summed E-state index contributed by atoms with van der Waals surface area (Å²) in [4.78, 5) is 12.2. The number of carbonyl (C=O) groups excluding carboxylic acids is 1. The van der Waals surface area contributed by atoms with E-state index in [0.29, 0.717) is 21.3 Å². The number of anilines is 1. The van der Waals surface area contributed by atoms with Gasteiger partial charge in [0.2, 0.25) is 0 Å². The predicted octanol–water partition coefficient (Wildman–Crippen LogP) is 3.56. The van der Waals surface area contributed by atoms with Crippen LogP contribution in [0.2, 0.25) is 10.0 Å². The average molecular weight is 319 g/mol. The first-order valence-electron chi connectivity index (χ1n) is 6.15. The van der Waals surface area contributed by atoms with E-state index in [1.807, 2.05) is 6.07 Å². The van der Waals surface area contributed by atoms with Crippen LogP contribution in [0.5, 0.6) is 0 Å². The van der Waals surface area contributed by atoms with Crippen LogP contribution in [0.15, 0.2) is 42.5 Å². The molecule has 0 heterocycles. The number of hydrogen-bond donors (Lipinski definition) is 2. The second-order valence-electron chi connectivity index (χ2n) is 4.16. The van der Waals surface area contributed by atoms with E-state index in [0.717, 1.165) is 5.56 Å². The van der Waals surface area contributed by atoms with Gasteiger partial charge in [-0.2, -0.15) is 0 Å². The van der Waals surface area contributed by atoms with Gasteiger partial charge < -0.3 is 11.1 Å². The molecular formula is C16H12Cl2N2O. The van der Waals surface area contributed by atoms with Crippen molar-refractivity contribution < 1.29 is 4.79 Å². The molecule has 0 bridgehead atoms. The lowest BCUT2D eigenvalue weighted by Gasteiger charge is -2.07. The van der Waals surface area contributed by atoms with Gasteiger partial charge in [0.15, 0.2) is 0 Å². The van der Waals surface area contributed by atoms with Gasteiger partial charge in [0.25, 0.3) is 5.91 Å². The molecule has 0 aliphatic carbocycles. The van der Waals surface area contributed by atoms with Gasteiger partial charge in [0, 0.05) is 16.3 Å². The van der Waals surface area contributed by atoms with Crippen LogP contribution >= 0.6 is 23.2 Å². The summed E-state index contributed by atoms with van der Waals surface area (Å²) in [6, 6.07) is 11.9. The molecular weight excluding hydrogens is 307 g/mol. The number of carbonyl (C=O) groups is 1. The topological polar surface area (TPSA) is 55.1 Å². The second-order valence-corrected chi connectivity index (χ2v) is 5.01. The van der Waals surface area contributed by atoms with E-state index < -0.39 is 0 Å². The van der Waals surface area contributed by atoms with Crippen molar-refractivity contribution in [3.8, 4) is 11.8 Å². The Morgan fingerprint density at radius 1 is 1.19 bits per heavy atom. The van der Waals surface area contributed by atoms with Crippen molar-refractivity contribution in [3.63, 3.8) is 0 Å². The molecule has 0 spiro atoms. The van der Waals surface area contributed by atoms with E-state index >= 15 is 0 Å². The van der Waals surface area contributed by atoms with Crippen LogP contribution in [0.3, 0.4) is 0 Å². The number of nitrogens with two attached hydrogens (primary N) is 1. The van der Waals surface area contributed by atoms with Crippen LogP contribution in [0.4, 0.5) is 5.69 Å². The van der Waals surface area contributed by atoms with Crippen molar-refractivity contribution in [3.05, 3.63) is 63.6 Å². The smallest absolute Gasteiger partial charge is 0.257 e. The Hall–Kier alpha value is -1.99. The minimum atomic E-state index is -0.327. The number of halogens is 2. The molecule has 0 aliphatic rings. The van der Waals surface area contributed by atoms with E-state index in [1.54, 1.807) is 30.3 Å². The number of rotatable bonds is 2. The maximum atomic E-state index is 12.2. The standard InChI is InChI=1S/C16H12Cl2N2O/c17-12-6-7-15(18)14(10-12)16(21)20-13-5-1-3-11(9-13)4-2-8-19/h1,3,5-7,9-10H,8,19H2,(H,20,21). The molecule has 0 atom stereocenters. The van der Waals surface area contributed by atoms with Crippen molar-refractivity contribution in [2.24, 2.45) is 5.73 Å². The highest BCUT2D eigenvalue weighted by molar-refractivity contribution is 6.36. The summed E-state index contributed by atoms with van der Waals surface area (Å²) in [5, 5.41) is 3.56. The molecule has 106 valence electrons. The Bertz CT molecular complexity index is 733. The first-order valence-corrected chi connectivity index (χ1v) is 6.91. The maximum Gasteiger partial charge on any atom is 0.257 e. The molecule has 0 aliphatic heterocycles. The van der Waals surface area contributed by atoms with Crippen molar-refractivity contribution in [2.45, 2.75) is 0 Å². The minimum absolute atomic E-state index is 0.286. The van der Waals surface area contributed by atoms with E-state index in [9.17, 15) is 4.79 Å². The lowest BCUT2D eigenvalue weighted by atomic mass is 10.1. The number of nitrogens with one attached hydrogen (secondary N) is 1. The zero-order chi connectivity index (χ0) is 15.2. The van der Waals surface area contributed by atoms with Crippen molar-refractivity contribution in [2.75, 3.05) is 11.9 Å². The summed E-state index contributed by atoms with van der Waals surface area (Å²) >= 11 is 11.9. The lowest BCUT2D eigenvalue weighted by Crippen LogP contribution is -2.12. The normalized spacial score (nSPS) is 9.67. The molecule has 3 N–H and O–H groups in total. The van der Waals surface area contributed by atoms with Gasteiger partial charge in [0.1, 0.15) is 0 Å². The molecule has 3 nitrogen and oxygen atoms in total. The van der Waals surface area contributed by atoms with E-state index in [2.05, 4.69) is 17.2 Å². The van der Waals surface area contributed by atoms with Crippen LogP contribution < -0.4 is 11.1 Å². The lowest BCUT2D eigenvalue weighted by molar-refractivity contribution is 0.102. The number of amides is 1. The molecule has 0 saturated carbocycles. The van der Waals surface area contributed by atoms with Crippen LogP contribution in [-0.4, -0.2) is 12.5 Å². The molecule has 5 heteroatoms. The molecule has 0 unspecified atom stereocenters. The van der Waals surface area contributed by atoms with E-state index in [1.165, 1.54) is 6.07 Å². The van der Waals surface area contributed by atoms with Gasteiger partial charge in [-0.05, 0) is 36.4 Å². The summed E-state index contributed by atoms with van der Waals surface area (Å²) in [7, 11) is 0. The fraction of sp³-hybridized carbons (Fsp3) is 0.0625. The van der Waals surface area contributed by atoms with Crippen molar-refractivity contribution >= 4 is 34.8 Å². The third kappa shape index (κ3) is 4.24. The highest BCUT2D eigenvalue weighted by Crippen LogP contribution is 2.22. The molecule has 0 aromatic heterocycles. The first-order chi connectivity index (χ1) is 10.1. The van der Waals surface area contributed by atoms with Gasteiger partial charge in [-0.3, -0.25) is 4.79 Å².